The van der Waals surface area contributed by atoms with E-state index in [2.05, 4.69) is 13.8 Å². The first-order valence-corrected chi connectivity index (χ1v) is 10.9. The van der Waals surface area contributed by atoms with Gasteiger partial charge in [0.15, 0.2) is 0 Å². The lowest BCUT2D eigenvalue weighted by Crippen LogP contribution is -2.62. The van der Waals surface area contributed by atoms with Crippen molar-refractivity contribution >= 4 is 23.4 Å². The van der Waals surface area contributed by atoms with Gasteiger partial charge in [0.05, 0.1) is 11.3 Å². The molecule has 1 atom stereocenters. The summed E-state index contributed by atoms with van der Waals surface area (Å²) in [5, 5.41) is 0. The molecule has 1 aliphatic carbocycles. The third kappa shape index (κ3) is 3.22. The van der Waals surface area contributed by atoms with E-state index in [-0.39, 0.29) is 23.8 Å². The molecule has 1 aromatic carbocycles. The summed E-state index contributed by atoms with van der Waals surface area (Å²) < 4.78 is 0. The molecule has 2 fully saturated rings. The van der Waals surface area contributed by atoms with Crippen LogP contribution in [0.5, 0.6) is 0 Å². The van der Waals surface area contributed by atoms with E-state index in [1.54, 1.807) is 15.9 Å². The van der Waals surface area contributed by atoms with Crippen LogP contribution >= 0.6 is 0 Å². The van der Waals surface area contributed by atoms with Crippen LogP contribution < -0.4 is 4.90 Å². The summed E-state index contributed by atoms with van der Waals surface area (Å²) in [4.78, 5) is 44.6. The molecule has 1 saturated carbocycles. The van der Waals surface area contributed by atoms with Crippen LogP contribution in [0.15, 0.2) is 24.3 Å². The Kier molecular flexibility index (Phi) is 5.13. The minimum absolute atomic E-state index is 0.0403. The van der Waals surface area contributed by atoms with Crippen LogP contribution in [0.3, 0.4) is 0 Å². The Morgan fingerprint density at radius 3 is 2.59 bits per heavy atom. The number of carbonyl (C=O) groups is 3. The van der Waals surface area contributed by atoms with E-state index in [0.717, 1.165) is 12.8 Å². The quantitative estimate of drug-likeness (QED) is 0.763. The SMILES string of the molecule is CC(C)N(C(=O)CCN1C(=O)c2ccccc2N2C(=O)CCC12C)C1CCCC1. The minimum atomic E-state index is -0.696. The molecule has 0 N–H and O–H groups in total. The summed E-state index contributed by atoms with van der Waals surface area (Å²) in [6.07, 6.45) is 5.80. The molecule has 0 radical (unpaired) electrons. The molecule has 0 aromatic heterocycles. The summed E-state index contributed by atoms with van der Waals surface area (Å²) in [5.41, 5.74) is 0.544. The van der Waals surface area contributed by atoms with Gasteiger partial charge >= 0.3 is 0 Å². The second-order valence-corrected chi connectivity index (χ2v) is 9.00. The zero-order valence-electron chi connectivity index (χ0n) is 17.7. The fraction of sp³-hybridized carbons (Fsp3) is 0.609. The first-order chi connectivity index (χ1) is 13.8. The first kappa shape index (κ1) is 19.9. The van der Waals surface area contributed by atoms with Crippen LogP contribution in [-0.4, -0.2) is 51.8 Å². The van der Waals surface area contributed by atoms with Gasteiger partial charge in [-0.2, -0.15) is 0 Å². The van der Waals surface area contributed by atoms with E-state index in [1.165, 1.54) is 12.8 Å². The fourth-order valence-electron chi connectivity index (χ4n) is 5.47. The molecule has 3 aliphatic rings. The highest BCUT2D eigenvalue weighted by atomic mass is 16.2. The van der Waals surface area contributed by atoms with Crippen molar-refractivity contribution in [2.45, 2.75) is 83.5 Å². The number of para-hydroxylation sites is 1. The number of amides is 3. The smallest absolute Gasteiger partial charge is 0.257 e. The van der Waals surface area contributed by atoms with Gasteiger partial charge in [0.1, 0.15) is 5.66 Å². The number of carbonyl (C=O) groups excluding carboxylic acids is 3. The van der Waals surface area contributed by atoms with E-state index in [4.69, 9.17) is 0 Å². The highest BCUT2D eigenvalue weighted by molar-refractivity contribution is 6.10. The van der Waals surface area contributed by atoms with Crippen molar-refractivity contribution in [2.75, 3.05) is 11.4 Å². The van der Waals surface area contributed by atoms with Crippen molar-refractivity contribution in [2.24, 2.45) is 0 Å². The lowest BCUT2D eigenvalue weighted by molar-refractivity contribution is -0.135. The molecule has 2 heterocycles. The highest BCUT2D eigenvalue weighted by Gasteiger charge is 2.52. The fourth-order valence-corrected chi connectivity index (χ4v) is 5.47. The van der Waals surface area contributed by atoms with Crippen LogP contribution in [0.4, 0.5) is 5.69 Å². The van der Waals surface area contributed by atoms with Gasteiger partial charge < -0.3 is 9.80 Å². The average Bonchev–Trinajstić information content (AvgIpc) is 3.30. The average molecular weight is 398 g/mol. The maximum absolute atomic E-state index is 13.3. The van der Waals surface area contributed by atoms with E-state index < -0.39 is 5.66 Å². The van der Waals surface area contributed by atoms with Gasteiger partial charge in [-0.3, -0.25) is 19.3 Å². The molecule has 0 spiro atoms. The normalized spacial score (nSPS) is 24.3. The Hall–Kier alpha value is -2.37. The highest BCUT2D eigenvalue weighted by Crippen LogP contribution is 2.44. The molecule has 6 nitrogen and oxygen atoms in total. The van der Waals surface area contributed by atoms with Crippen LogP contribution in [0.1, 0.15) is 76.1 Å². The van der Waals surface area contributed by atoms with Gasteiger partial charge in [0.2, 0.25) is 11.8 Å². The number of nitrogens with zero attached hydrogens (tertiary/aromatic N) is 3. The maximum atomic E-state index is 13.3. The molecule has 156 valence electrons. The van der Waals surface area contributed by atoms with Crippen molar-refractivity contribution in [1.82, 2.24) is 9.80 Å². The number of hydrogen-bond donors (Lipinski definition) is 0. The predicted molar refractivity (Wildman–Crippen MR) is 111 cm³/mol. The molecule has 1 unspecified atom stereocenters. The molecular formula is C23H31N3O3. The Balaban J connectivity index is 1.57. The number of hydrogen-bond acceptors (Lipinski definition) is 3. The molecule has 29 heavy (non-hydrogen) atoms. The zero-order valence-corrected chi connectivity index (χ0v) is 17.7. The van der Waals surface area contributed by atoms with Crippen molar-refractivity contribution in [3.63, 3.8) is 0 Å². The molecule has 2 aliphatic heterocycles. The minimum Gasteiger partial charge on any atom is -0.337 e. The maximum Gasteiger partial charge on any atom is 0.257 e. The Labute approximate surface area is 172 Å². The second-order valence-electron chi connectivity index (χ2n) is 9.00. The van der Waals surface area contributed by atoms with Crippen molar-refractivity contribution < 1.29 is 14.4 Å². The predicted octanol–water partition coefficient (Wildman–Crippen LogP) is 3.56. The van der Waals surface area contributed by atoms with Crippen molar-refractivity contribution in [1.29, 1.82) is 0 Å². The van der Waals surface area contributed by atoms with Crippen LogP contribution in [-0.2, 0) is 9.59 Å². The summed E-state index contributed by atoms with van der Waals surface area (Å²) in [6, 6.07) is 7.78. The Morgan fingerprint density at radius 2 is 1.90 bits per heavy atom. The molecule has 4 rings (SSSR count). The van der Waals surface area contributed by atoms with E-state index in [0.29, 0.717) is 43.1 Å². The molecule has 1 aromatic rings. The summed E-state index contributed by atoms with van der Waals surface area (Å²) in [7, 11) is 0. The molecule has 6 heteroatoms. The van der Waals surface area contributed by atoms with Crippen LogP contribution in [0, 0.1) is 0 Å². The van der Waals surface area contributed by atoms with E-state index in [9.17, 15) is 14.4 Å². The Bertz CT molecular complexity index is 830. The van der Waals surface area contributed by atoms with E-state index in [1.807, 2.05) is 30.0 Å². The third-order valence-corrected chi connectivity index (χ3v) is 6.86. The summed E-state index contributed by atoms with van der Waals surface area (Å²) in [5.74, 6) is 0.0652. The second kappa shape index (κ2) is 7.47. The van der Waals surface area contributed by atoms with E-state index >= 15 is 0 Å². The lowest BCUT2D eigenvalue weighted by Gasteiger charge is -2.49. The van der Waals surface area contributed by atoms with Gasteiger partial charge in [0, 0.05) is 31.5 Å². The van der Waals surface area contributed by atoms with Crippen molar-refractivity contribution in [3.05, 3.63) is 29.8 Å². The first-order valence-electron chi connectivity index (χ1n) is 10.9. The van der Waals surface area contributed by atoms with Crippen molar-refractivity contribution in [3.8, 4) is 0 Å². The number of rotatable bonds is 5. The van der Waals surface area contributed by atoms with Gasteiger partial charge in [-0.15, -0.1) is 0 Å². The zero-order chi connectivity index (χ0) is 20.8. The van der Waals surface area contributed by atoms with Gasteiger partial charge in [0.25, 0.3) is 5.91 Å². The van der Waals surface area contributed by atoms with Gasteiger partial charge in [-0.05, 0) is 52.2 Å². The summed E-state index contributed by atoms with van der Waals surface area (Å²) >= 11 is 0. The van der Waals surface area contributed by atoms with Crippen LogP contribution in [0.2, 0.25) is 0 Å². The third-order valence-electron chi connectivity index (χ3n) is 6.86. The Morgan fingerprint density at radius 1 is 1.21 bits per heavy atom. The molecule has 3 amide bonds. The molecular weight excluding hydrogens is 366 g/mol. The van der Waals surface area contributed by atoms with Gasteiger partial charge in [-0.25, -0.2) is 0 Å². The lowest BCUT2D eigenvalue weighted by atomic mass is 9.98. The topological polar surface area (TPSA) is 60.9 Å². The number of anilines is 1. The number of benzene rings is 1. The standard InChI is InChI=1S/C23H31N3O3/c1-16(2)25(17-8-4-5-9-17)20(27)13-15-24-22(29)18-10-6-7-11-19(18)26-21(28)12-14-23(24,26)3/h6-7,10-11,16-17H,4-5,8-9,12-15H2,1-3H3. The number of fused-ring (bicyclic) bond motifs is 3. The largest absolute Gasteiger partial charge is 0.337 e. The van der Waals surface area contributed by atoms with Crippen LogP contribution in [0.25, 0.3) is 0 Å². The van der Waals surface area contributed by atoms with Gasteiger partial charge in [-0.1, -0.05) is 25.0 Å². The summed E-state index contributed by atoms with van der Waals surface area (Å²) in [6.45, 7) is 6.42. The monoisotopic (exact) mass is 397 g/mol. The molecule has 1 saturated heterocycles. The molecule has 0 bridgehead atoms.